The van der Waals surface area contributed by atoms with Gasteiger partial charge in [0.05, 0.1) is 17.8 Å². The van der Waals surface area contributed by atoms with Crippen molar-refractivity contribution in [1.82, 2.24) is 20.2 Å². The van der Waals surface area contributed by atoms with Crippen molar-refractivity contribution in [2.75, 3.05) is 13.6 Å². The molecule has 0 atom stereocenters. The fourth-order valence-electron chi connectivity index (χ4n) is 1.78. The molecule has 0 aliphatic carbocycles. The maximum Gasteiger partial charge on any atom is 0.294 e. The second-order valence-electron chi connectivity index (χ2n) is 4.29. The number of aromatic nitrogens is 2. The molecule has 0 unspecified atom stereocenters. The highest BCUT2D eigenvalue weighted by molar-refractivity contribution is 5.97. The lowest BCUT2D eigenvalue weighted by Crippen LogP contribution is -2.35. The molecule has 0 fully saturated rings. The predicted octanol–water partition coefficient (Wildman–Crippen LogP) is 0.256. The van der Waals surface area contributed by atoms with E-state index >= 15 is 0 Å². The van der Waals surface area contributed by atoms with Crippen LogP contribution in [0.3, 0.4) is 0 Å². The first-order chi connectivity index (χ1) is 10.5. The number of likely N-dealkylation sites (N-methyl/N-ethyl adjacent to an activating group) is 1. The maximum absolute atomic E-state index is 11.9. The normalized spacial score (nSPS) is 10.0. The van der Waals surface area contributed by atoms with Crippen molar-refractivity contribution in [2.45, 2.75) is 0 Å². The predicted molar refractivity (Wildman–Crippen MR) is 76.6 cm³/mol. The number of rotatable bonds is 5. The van der Waals surface area contributed by atoms with Gasteiger partial charge in [-0.15, -0.1) is 0 Å². The molecule has 2 amide bonds. The van der Waals surface area contributed by atoms with E-state index in [-0.39, 0.29) is 23.7 Å². The van der Waals surface area contributed by atoms with Crippen molar-refractivity contribution in [3.05, 3.63) is 52.6 Å². The second kappa shape index (κ2) is 6.48. The van der Waals surface area contributed by atoms with Crippen LogP contribution < -0.4 is 10.6 Å². The molecular formula is C13H13N5O4. The smallest absolute Gasteiger partial charge is 0.294 e. The molecule has 1 heterocycles. The standard InChI is InChI=1S/C13H13N5O4/c1-14-12(19)7-16-13(20)9-2-3-10(11(6-9)18(21)22)17-5-4-15-8-17/h2-6,8H,7H2,1H3,(H,14,19)(H,16,20). The molecule has 0 aliphatic heterocycles. The highest BCUT2D eigenvalue weighted by Crippen LogP contribution is 2.24. The van der Waals surface area contributed by atoms with E-state index in [1.54, 1.807) is 6.20 Å². The summed E-state index contributed by atoms with van der Waals surface area (Å²) in [6.45, 7) is -0.202. The Balaban J connectivity index is 2.28. The Hall–Kier alpha value is -3.23. The van der Waals surface area contributed by atoms with Crippen LogP contribution in [0.1, 0.15) is 10.4 Å². The van der Waals surface area contributed by atoms with Crippen LogP contribution in [0, 0.1) is 10.1 Å². The summed E-state index contributed by atoms with van der Waals surface area (Å²) in [5.41, 5.74) is 0.162. The number of nitro groups is 1. The van der Waals surface area contributed by atoms with Gasteiger partial charge in [0.25, 0.3) is 11.6 Å². The Kier molecular flexibility index (Phi) is 4.47. The van der Waals surface area contributed by atoms with Crippen LogP contribution in [-0.4, -0.2) is 39.9 Å². The van der Waals surface area contributed by atoms with Crippen LogP contribution in [0.15, 0.2) is 36.9 Å². The zero-order chi connectivity index (χ0) is 16.1. The van der Waals surface area contributed by atoms with Crippen molar-refractivity contribution in [1.29, 1.82) is 0 Å². The Morgan fingerprint density at radius 3 is 2.77 bits per heavy atom. The molecular weight excluding hydrogens is 290 g/mol. The first-order valence-electron chi connectivity index (χ1n) is 6.28. The van der Waals surface area contributed by atoms with Gasteiger partial charge in [-0.2, -0.15) is 0 Å². The number of nitrogens with one attached hydrogen (secondary N) is 2. The summed E-state index contributed by atoms with van der Waals surface area (Å²) in [7, 11) is 1.44. The first-order valence-corrected chi connectivity index (χ1v) is 6.28. The SMILES string of the molecule is CNC(=O)CNC(=O)c1ccc(-n2ccnc2)c([N+](=O)[O-])c1. The first kappa shape index (κ1) is 15.2. The third-order valence-corrected chi connectivity index (χ3v) is 2.91. The minimum absolute atomic E-state index is 0.0967. The van der Waals surface area contributed by atoms with E-state index < -0.39 is 10.8 Å². The zero-order valence-corrected chi connectivity index (χ0v) is 11.6. The lowest BCUT2D eigenvalue weighted by molar-refractivity contribution is -0.384. The van der Waals surface area contributed by atoms with E-state index in [9.17, 15) is 19.7 Å². The van der Waals surface area contributed by atoms with Gasteiger partial charge in [0.2, 0.25) is 5.91 Å². The van der Waals surface area contributed by atoms with Gasteiger partial charge in [0, 0.05) is 31.1 Å². The average molecular weight is 303 g/mol. The fourth-order valence-corrected chi connectivity index (χ4v) is 1.78. The van der Waals surface area contributed by atoms with Gasteiger partial charge in [-0.25, -0.2) is 4.98 Å². The van der Waals surface area contributed by atoms with Gasteiger partial charge >= 0.3 is 0 Å². The Morgan fingerprint density at radius 2 is 2.18 bits per heavy atom. The average Bonchev–Trinajstić information content (AvgIpc) is 3.05. The molecule has 2 rings (SSSR count). The molecule has 22 heavy (non-hydrogen) atoms. The zero-order valence-electron chi connectivity index (χ0n) is 11.6. The van der Waals surface area contributed by atoms with Gasteiger partial charge in [-0.05, 0) is 12.1 Å². The minimum atomic E-state index is -0.579. The van der Waals surface area contributed by atoms with E-state index in [1.165, 1.54) is 36.3 Å². The van der Waals surface area contributed by atoms with E-state index in [1.807, 2.05) is 0 Å². The third-order valence-electron chi connectivity index (χ3n) is 2.91. The molecule has 114 valence electrons. The summed E-state index contributed by atoms with van der Waals surface area (Å²) in [6.07, 6.45) is 4.48. The number of nitro benzene ring substituents is 1. The third kappa shape index (κ3) is 3.26. The van der Waals surface area contributed by atoms with E-state index in [0.29, 0.717) is 5.69 Å². The van der Waals surface area contributed by atoms with Crippen LogP contribution in [-0.2, 0) is 4.79 Å². The topological polar surface area (TPSA) is 119 Å². The van der Waals surface area contributed by atoms with E-state index in [2.05, 4.69) is 15.6 Å². The molecule has 0 spiro atoms. The minimum Gasteiger partial charge on any atom is -0.358 e. The van der Waals surface area contributed by atoms with Gasteiger partial charge in [-0.1, -0.05) is 0 Å². The molecule has 2 N–H and O–H groups in total. The number of benzene rings is 1. The van der Waals surface area contributed by atoms with Crippen LogP contribution in [0.5, 0.6) is 0 Å². The van der Waals surface area contributed by atoms with E-state index in [0.717, 1.165) is 6.07 Å². The number of carbonyl (C=O) groups excluding carboxylic acids is 2. The molecule has 1 aromatic carbocycles. The van der Waals surface area contributed by atoms with Crippen molar-refractivity contribution >= 4 is 17.5 Å². The highest BCUT2D eigenvalue weighted by atomic mass is 16.6. The summed E-state index contributed by atoms with van der Waals surface area (Å²) in [5, 5.41) is 15.9. The highest BCUT2D eigenvalue weighted by Gasteiger charge is 2.18. The number of hydrogen-bond acceptors (Lipinski definition) is 5. The number of imidazole rings is 1. The van der Waals surface area contributed by atoms with Crippen LogP contribution in [0.25, 0.3) is 5.69 Å². The molecule has 0 bridgehead atoms. The Morgan fingerprint density at radius 1 is 1.41 bits per heavy atom. The largest absolute Gasteiger partial charge is 0.358 e. The van der Waals surface area contributed by atoms with Crippen molar-refractivity contribution in [3.8, 4) is 5.69 Å². The molecule has 2 aromatic rings. The summed E-state index contributed by atoms with van der Waals surface area (Å²) in [4.78, 5) is 37.4. The summed E-state index contributed by atoms with van der Waals surface area (Å²) < 4.78 is 1.48. The van der Waals surface area contributed by atoms with Crippen molar-refractivity contribution in [3.63, 3.8) is 0 Å². The van der Waals surface area contributed by atoms with Crippen LogP contribution in [0.4, 0.5) is 5.69 Å². The Bertz CT molecular complexity index is 711. The number of hydrogen-bond donors (Lipinski definition) is 2. The second-order valence-corrected chi connectivity index (χ2v) is 4.29. The van der Waals surface area contributed by atoms with E-state index in [4.69, 9.17) is 0 Å². The van der Waals surface area contributed by atoms with Crippen molar-refractivity contribution < 1.29 is 14.5 Å². The molecule has 1 aromatic heterocycles. The maximum atomic E-state index is 11.9. The molecule has 0 saturated carbocycles. The van der Waals surface area contributed by atoms with Crippen molar-refractivity contribution in [2.24, 2.45) is 0 Å². The van der Waals surface area contributed by atoms with Gasteiger partial charge in [0.15, 0.2) is 0 Å². The molecule has 9 nitrogen and oxygen atoms in total. The summed E-state index contributed by atoms with van der Waals surface area (Å²) in [5.74, 6) is -0.929. The van der Waals surface area contributed by atoms with Gasteiger partial charge < -0.3 is 15.2 Å². The summed E-state index contributed by atoms with van der Waals surface area (Å²) >= 11 is 0. The molecule has 0 aliphatic rings. The van der Waals surface area contributed by atoms with Crippen LogP contribution >= 0.6 is 0 Å². The van der Waals surface area contributed by atoms with Gasteiger partial charge in [-0.3, -0.25) is 19.7 Å². The lowest BCUT2D eigenvalue weighted by atomic mass is 10.1. The fraction of sp³-hybridized carbons (Fsp3) is 0.154. The number of carbonyl (C=O) groups is 2. The molecule has 9 heteroatoms. The summed E-state index contributed by atoms with van der Waals surface area (Å²) in [6, 6.07) is 4.06. The van der Waals surface area contributed by atoms with Gasteiger partial charge in [0.1, 0.15) is 5.69 Å². The number of amides is 2. The number of nitrogens with zero attached hydrogens (tertiary/aromatic N) is 3. The molecule has 0 saturated heterocycles. The quantitative estimate of drug-likeness (QED) is 0.606. The monoisotopic (exact) mass is 303 g/mol. The Labute approximate surface area is 125 Å². The van der Waals surface area contributed by atoms with Crippen LogP contribution in [0.2, 0.25) is 0 Å². The lowest BCUT2D eigenvalue weighted by Gasteiger charge is -2.07. The molecule has 0 radical (unpaired) electrons.